The molecular formula is C49H44Cl2F5N11O10. The lowest BCUT2D eigenvalue weighted by molar-refractivity contribution is -0.200. The molecule has 5 aromatic rings. The number of anilines is 1. The molecule has 3 aliphatic heterocycles. The Labute approximate surface area is 442 Å². The number of nitrogens with zero attached hydrogens (tertiary/aromatic N) is 7. The van der Waals surface area contributed by atoms with E-state index in [1.807, 2.05) is 0 Å². The maximum Gasteiger partial charge on any atom is 0.418 e. The van der Waals surface area contributed by atoms with Crippen LogP contribution >= 0.6 is 23.2 Å². The number of ether oxygens (including phenoxy) is 3. The highest BCUT2D eigenvalue weighted by molar-refractivity contribution is 6.31. The van der Waals surface area contributed by atoms with Gasteiger partial charge in [0.15, 0.2) is 5.84 Å². The molecule has 2 aromatic heterocycles. The molecule has 6 atom stereocenters. The second-order valence-electron chi connectivity index (χ2n) is 18.3. The molecule has 5 amide bonds. The van der Waals surface area contributed by atoms with Crippen molar-refractivity contribution in [2.45, 2.75) is 94.0 Å². The molecule has 404 valence electrons. The van der Waals surface area contributed by atoms with Gasteiger partial charge in [-0.25, -0.2) is 28.4 Å². The van der Waals surface area contributed by atoms with Gasteiger partial charge in [0.05, 0.1) is 36.1 Å². The summed E-state index contributed by atoms with van der Waals surface area (Å²) in [5.74, 6) is -5.44. The third kappa shape index (κ3) is 11.8. The van der Waals surface area contributed by atoms with E-state index in [0.717, 1.165) is 35.1 Å². The van der Waals surface area contributed by atoms with Gasteiger partial charge in [-0.3, -0.25) is 29.3 Å². The fourth-order valence-corrected chi connectivity index (χ4v) is 9.51. The number of alkyl halides is 3. The molecule has 0 radical (unpaired) electrons. The van der Waals surface area contributed by atoms with Crippen LogP contribution in [0.15, 0.2) is 83.0 Å². The number of piperidine rings is 1. The molecular weight excluding hydrogens is 1070 g/mol. The summed E-state index contributed by atoms with van der Waals surface area (Å²) in [6, 6.07) is 9.27. The van der Waals surface area contributed by atoms with Crippen LogP contribution in [0.1, 0.15) is 70.6 Å². The van der Waals surface area contributed by atoms with E-state index >= 15 is 0 Å². The second kappa shape index (κ2) is 22.2. The lowest BCUT2D eigenvalue weighted by Gasteiger charge is -2.43. The number of benzene rings is 3. The van der Waals surface area contributed by atoms with E-state index in [-0.39, 0.29) is 47.2 Å². The van der Waals surface area contributed by atoms with Crippen molar-refractivity contribution in [3.8, 4) is 17.0 Å². The van der Waals surface area contributed by atoms with Crippen molar-refractivity contribution in [3.05, 3.63) is 117 Å². The molecule has 0 spiro atoms. The lowest BCUT2D eigenvalue weighted by Crippen LogP contribution is -2.59. The third-order valence-corrected chi connectivity index (χ3v) is 13.6. The first-order valence-corrected chi connectivity index (χ1v) is 24.3. The van der Waals surface area contributed by atoms with E-state index in [2.05, 4.69) is 41.2 Å². The first-order chi connectivity index (χ1) is 36.6. The van der Waals surface area contributed by atoms with Crippen LogP contribution in [0.25, 0.3) is 11.3 Å². The minimum absolute atomic E-state index is 0.0165. The van der Waals surface area contributed by atoms with Crippen LogP contribution in [0.4, 0.5) is 33.3 Å². The molecule has 2 saturated heterocycles. The quantitative estimate of drug-likeness (QED) is 0.0286. The predicted molar refractivity (Wildman–Crippen MR) is 262 cm³/mol. The fraction of sp³-hybridized carbons (Fsp3) is 0.347. The molecule has 1 saturated carbocycles. The number of aromatic nitrogens is 4. The first-order valence-electron chi connectivity index (χ1n) is 23.5. The van der Waals surface area contributed by atoms with E-state index in [4.69, 9.17) is 43.1 Å². The van der Waals surface area contributed by atoms with Gasteiger partial charge < -0.3 is 45.7 Å². The van der Waals surface area contributed by atoms with Crippen molar-refractivity contribution in [1.82, 2.24) is 35.5 Å². The van der Waals surface area contributed by atoms with Gasteiger partial charge in [-0.1, -0.05) is 34.5 Å². The van der Waals surface area contributed by atoms with E-state index < -0.39 is 131 Å². The highest BCUT2D eigenvalue weighted by Gasteiger charge is 2.50. The molecule has 1 aliphatic carbocycles. The molecule has 77 heavy (non-hydrogen) atoms. The van der Waals surface area contributed by atoms with Crippen LogP contribution in [-0.2, 0) is 36.6 Å². The molecule has 28 heteroatoms. The maximum atomic E-state index is 14.5. The van der Waals surface area contributed by atoms with Gasteiger partial charge in [0.25, 0.3) is 11.8 Å². The Balaban J connectivity index is 0.876. The van der Waals surface area contributed by atoms with Gasteiger partial charge in [0.1, 0.15) is 83.0 Å². The standard InChI is InChI=1S/C49H44Cl2F5N11O10/c1-21(57)59-45(61-34-13-23(50)5-7-29(34)49(54,55)56)44-43(41(42(71)37(19-68)77-44)67-18-35(64-65-67)22-11-30(52)40(51)31(53)12-22)75-20-39(70)60-24-14-26(15-24)76-25-6-8-33(58-16-25)46(72)62-32-4-2-3-27-28(32)17-66(48(27)74)36-9-10-38(69)63-47(36)73/h2-8,11-13,16,18,24,26,36-37,41-44,68,71H,9-10,14-15,17,19-20H2,1H3,(H,60,70)(H,62,72)(H2,57,59,61)(H,63,69,73)/t24?,26?,36?,37-,41+,42+,43-,44-/m1/s1. The number of aliphatic hydroxyl groups excluding tert-OH is 2. The minimum atomic E-state index is -4.95. The predicted octanol–water partition coefficient (Wildman–Crippen LogP) is 4.84. The Hall–Kier alpha value is -7.49. The van der Waals surface area contributed by atoms with Crippen LogP contribution in [0.5, 0.6) is 5.75 Å². The number of fused-ring (bicyclic) bond motifs is 1. The van der Waals surface area contributed by atoms with E-state index in [0.29, 0.717) is 41.5 Å². The molecule has 9 rings (SSSR count). The number of imide groups is 1. The number of aliphatic hydroxyl groups is 2. The Bertz CT molecular complexity index is 3190. The Kier molecular flexibility index (Phi) is 15.7. The summed E-state index contributed by atoms with van der Waals surface area (Å²) in [4.78, 5) is 78.3. The summed E-state index contributed by atoms with van der Waals surface area (Å²) < 4.78 is 91.2. The number of amidine groups is 2. The lowest BCUT2D eigenvalue weighted by atomic mass is 9.89. The molecule has 3 aromatic carbocycles. The van der Waals surface area contributed by atoms with Gasteiger partial charge in [-0.15, -0.1) is 5.10 Å². The minimum Gasteiger partial charge on any atom is -0.489 e. The van der Waals surface area contributed by atoms with Gasteiger partial charge >= 0.3 is 6.18 Å². The zero-order valence-corrected chi connectivity index (χ0v) is 41.5. The molecule has 5 heterocycles. The van der Waals surface area contributed by atoms with Crippen molar-refractivity contribution < 1.29 is 70.3 Å². The van der Waals surface area contributed by atoms with Crippen molar-refractivity contribution >= 4 is 75.8 Å². The second-order valence-corrected chi connectivity index (χ2v) is 19.1. The fourth-order valence-electron chi connectivity index (χ4n) is 9.23. The Morgan fingerprint density at radius 2 is 1.81 bits per heavy atom. The van der Waals surface area contributed by atoms with Crippen LogP contribution in [0.2, 0.25) is 10.0 Å². The van der Waals surface area contributed by atoms with Gasteiger partial charge in [-0.2, -0.15) is 13.2 Å². The molecule has 4 aliphatic rings. The van der Waals surface area contributed by atoms with E-state index in [9.17, 15) is 56.1 Å². The Morgan fingerprint density at radius 1 is 1.05 bits per heavy atom. The first kappa shape index (κ1) is 54.3. The topological polar surface area (TPSA) is 287 Å². The number of nitrogens with one attached hydrogen (secondary N) is 3. The zero-order valence-electron chi connectivity index (χ0n) is 40.0. The number of rotatable bonds is 14. The molecule has 0 bridgehead atoms. The van der Waals surface area contributed by atoms with Crippen molar-refractivity contribution in [2.75, 3.05) is 18.5 Å². The number of hydrogen-bond donors (Lipinski definition) is 6. The van der Waals surface area contributed by atoms with E-state index in [1.54, 1.807) is 18.2 Å². The van der Waals surface area contributed by atoms with Crippen LogP contribution in [0.3, 0.4) is 0 Å². The summed E-state index contributed by atoms with van der Waals surface area (Å²) in [6.07, 6.45) is -8.73. The summed E-state index contributed by atoms with van der Waals surface area (Å²) in [5, 5.41) is 37.0. The van der Waals surface area contributed by atoms with Crippen molar-refractivity contribution in [2.24, 2.45) is 15.7 Å². The van der Waals surface area contributed by atoms with Crippen molar-refractivity contribution in [1.29, 1.82) is 0 Å². The van der Waals surface area contributed by atoms with E-state index in [1.165, 1.54) is 30.2 Å². The number of halogens is 7. The normalized spacial score (nSPS) is 23.8. The molecule has 7 N–H and O–H groups in total. The van der Waals surface area contributed by atoms with Crippen LogP contribution in [0, 0.1) is 11.6 Å². The average Bonchev–Trinajstić information content (AvgIpc) is 3.99. The van der Waals surface area contributed by atoms with Gasteiger partial charge in [0, 0.05) is 59.2 Å². The number of carbonyl (C=O) groups excluding carboxylic acids is 5. The number of nitrogens with two attached hydrogens (primary N) is 1. The number of pyridine rings is 1. The number of aliphatic imine (C=N–C) groups is 2. The Morgan fingerprint density at radius 3 is 2.48 bits per heavy atom. The SMILES string of the molecule is CC(N)=NC(=Nc1cc(Cl)ccc1C(F)(F)F)[C@@H]1O[C@H](CO)[C@H](O)[C@H](n2cc(-c3cc(F)c(Cl)c(F)c3)nn2)[C@H]1OCC(=O)NC1CC(Oc2ccc(C(=O)Nc3cccc4c3CN(C3CCC(=O)NC3=O)C4=O)nc2)C1. The maximum absolute atomic E-state index is 14.5. The van der Waals surface area contributed by atoms with Gasteiger partial charge in [-0.05, 0) is 67.9 Å². The van der Waals surface area contributed by atoms with Crippen molar-refractivity contribution in [3.63, 3.8) is 0 Å². The van der Waals surface area contributed by atoms with Crippen LogP contribution < -0.4 is 26.4 Å². The van der Waals surface area contributed by atoms with Crippen LogP contribution in [-0.4, -0.2) is 132 Å². The van der Waals surface area contributed by atoms with Gasteiger partial charge in [0.2, 0.25) is 17.7 Å². The highest BCUT2D eigenvalue weighted by atomic mass is 35.5. The average molecular weight is 1110 g/mol. The summed E-state index contributed by atoms with van der Waals surface area (Å²) in [7, 11) is 0. The smallest absolute Gasteiger partial charge is 0.418 e. The monoisotopic (exact) mass is 1110 g/mol. The summed E-state index contributed by atoms with van der Waals surface area (Å²) >= 11 is 11.8. The highest BCUT2D eigenvalue weighted by Crippen LogP contribution is 2.40. The summed E-state index contributed by atoms with van der Waals surface area (Å²) in [5.41, 5.74) is 4.89. The molecule has 1 unspecified atom stereocenters. The number of amides is 5. The zero-order chi connectivity index (χ0) is 55.0. The third-order valence-electron chi connectivity index (χ3n) is 13.0. The largest absolute Gasteiger partial charge is 0.489 e. The number of carbonyl (C=O) groups is 5. The molecule has 3 fully saturated rings. The number of hydrogen-bond acceptors (Lipinski definition) is 14. The summed E-state index contributed by atoms with van der Waals surface area (Å²) in [6.45, 7) is -0.349. The molecule has 21 nitrogen and oxygen atoms in total.